The lowest BCUT2D eigenvalue weighted by atomic mass is 10.1. The van der Waals surface area contributed by atoms with Crippen molar-refractivity contribution in [1.29, 1.82) is 0 Å². The molecular formula is C12H15BrN2O. The van der Waals surface area contributed by atoms with Crippen molar-refractivity contribution in [3.63, 3.8) is 0 Å². The van der Waals surface area contributed by atoms with Crippen LogP contribution in [-0.2, 0) is 13.0 Å². The first-order chi connectivity index (χ1) is 7.70. The third kappa shape index (κ3) is 2.38. The lowest BCUT2D eigenvalue weighted by Gasteiger charge is -2.07. The molecule has 2 rings (SSSR count). The van der Waals surface area contributed by atoms with Crippen LogP contribution in [0.25, 0.3) is 0 Å². The van der Waals surface area contributed by atoms with Gasteiger partial charge in [-0.25, -0.2) is 0 Å². The number of halogens is 1. The third-order valence-electron chi connectivity index (χ3n) is 2.64. The van der Waals surface area contributed by atoms with Crippen molar-refractivity contribution in [2.24, 2.45) is 10.7 Å². The van der Waals surface area contributed by atoms with E-state index in [1.165, 1.54) is 5.56 Å². The first-order valence-electron chi connectivity index (χ1n) is 5.43. The van der Waals surface area contributed by atoms with Gasteiger partial charge >= 0.3 is 0 Å². The number of nitrogens with two attached hydrogens (primary N) is 1. The fraction of sp³-hybridized carbons (Fsp3) is 0.417. The number of fused-ring (bicyclic) bond motifs is 1. The maximum Gasteiger partial charge on any atom is 0.127 e. The summed E-state index contributed by atoms with van der Waals surface area (Å²) in [5.41, 5.74) is 8.07. The number of aliphatic imine (C=N–C) groups is 1. The summed E-state index contributed by atoms with van der Waals surface area (Å²) >= 11 is 3.50. The smallest absolute Gasteiger partial charge is 0.127 e. The van der Waals surface area contributed by atoms with Gasteiger partial charge in [0.2, 0.25) is 0 Å². The molecule has 0 fully saturated rings. The zero-order chi connectivity index (χ0) is 11.5. The number of hydrogen-bond donors (Lipinski definition) is 1. The van der Waals surface area contributed by atoms with Gasteiger partial charge in [0, 0.05) is 22.9 Å². The largest absolute Gasteiger partial charge is 0.493 e. The SMILES string of the molecule is CCC(N)=NCc1cc(Br)cc2c1OCC2. The van der Waals surface area contributed by atoms with Crippen molar-refractivity contribution in [1.82, 2.24) is 0 Å². The van der Waals surface area contributed by atoms with Crippen molar-refractivity contribution in [3.05, 3.63) is 27.7 Å². The van der Waals surface area contributed by atoms with Crippen molar-refractivity contribution in [3.8, 4) is 5.75 Å². The Morgan fingerprint density at radius 2 is 2.38 bits per heavy atom. The molecule has 1 aliphatic rings. The molecule has 0 spiro atoms. The van der Waals surface area contributed by atoms with Crippen LogP contribution in [0.15, 0.2) is 21.6 Å². The van der Waals surface area contributed by atoms with Gasteiger partial charge < -0.3 is 10.5 Å². The summed E-state index contributed by atoms with van der Waals surface area (Å²) in [6.45, 7) is 3.37. The Balaban J connectivity index is 2.27. The molecule has 16 heavy (non-hydrogen) atoms. The second-order valence-corrected chi connectivity index (χ2v) is 4.73. The number of hydrogen-bond acceptors (Lipinski definition) is 2. The van der Waals surface area contributed by atoms with Crippen LogP contribution in [0.4, 0.5) is 0 Å². The van der Waals surface area contributed by atoms with E-state index >= 15 is 0 Å². The lowest BCUT2D eigenvalue weighted by Crippen LogP contribution is -2.09. The average Bonchev–Trinajstić information content (AvgIpc) is 2.73. The molecular weight excluding hydrogens is 268 g/mol. The first-order valence-corrected chi connectivity index (χ1v) is 6.23. The van der Waals surface area contributed by atoms with Gasteiger partial charge in [-0.1, -0.05) is 22.9 Å². The van der Waals surface area contributed by atoms with Gasteiger partial charge in [-0.2, -0.15) is 0 Å². The van der Waals surface area contributed by atoms with Gasteiger partial charge in [-0.3, -0.25) is 4.99 Å². The van der Waals surface area contributed by atoms with Crippen molar-refractivity contribution in [2.45, 2.75) is 26.3 Å². The first kappa shape index (κ1) is 11.5. The molecule has 1 heterocycles. The summed E-state index contributed by atoms with van der Waals surface area (Å²) in [5, 5.41) is 0. The number of rotatable bonds is 3. The van der Waals surface area contributed by atoms with E-state index in [0.717, 1.165) is 35.2 Å². The summed E-state index contributed by atoms with van der Waals surface area (Å²) < 4.78 is 6.70. The Morgan fingerprint density at radius 3 is 3.12 bits per heavy atom. The van der Waals surface area contributed by atoms with E-state index in [1.807, 2.05) is 6.92 Å². The van der Waals surface area contributed by atoms with Crippen molar-refractivity contribution >= 4 is 21.8 Å². The van der Waals surface area contributed by atoms with E-state index in [1.54, 1.807) is 0 Å². The van der Waals surface area contributed by atoms with Gasteiger partial charge in [-0.05, 0) is 17.7 Å². The van der Waals surface area contributed by atoms with Crippen LogP contribution in [0, 0.1) is 0 Å². The van der Waals surface area contributed by atoms with Gasteiger partial charge in [0.15, 0.2) is 0 Å². The van der Waals surface area contributed by atoms with E-state index in [-0.39, 0.29) is 0 Å². The maximum absolute atomic E-state index is 5.70. The Kier molecular flexibility index (Phi) is 3.49. The van der Waals surface area contributed by atoms with Crippen LogP contribution >= 0.6 is 15.9 Å². The fourth-order valence-electron chi connectivity index (χ4n) is 1.76. The molecule has 86 valence electrons. The maximum atomic E-state index is 5.70. The quantitative estimate of drug-likeness (QED) is 0.684. The predicted molar refractivity (Wildman–Crippen MR) is 69.0 cm³/mol. The normalized spacial score (nSPS) is 14.8. The minimum Gasteiger partial charge on any atom is -0.493 e. The molecule has 0 radical (unpaired) electrons. The molecule has 4 heteroatoms. The molecule has 1 aromatic rings. The molecule has 0 saturated heterocycles. The van der Waals surface area contributed by atoms with Crippen LogP contribution in [0.2, 0.25) is 0 Å². The zero-order valence-electron chi connectivity index (χ0n) is 9.29. The number of nitrogens with zero attached hydrogens (tertiary/aromatic N) is 1. The number of ether oxygens (including phenoxy) is 1. The molecule has 1 aliphatic heterocycles. The number of amidine groups is 1. The molecule has 2 N–H and O–H groups in total. The highest BCUT2D eigenvalue weighted by Gasteiger charge is 2.16. The molecule has 3 nitrogen and oxygen atoms in total. The lowest BCUT2D eigenvalue weighted by molar-refractivity contribution is 0.353. The summed E-state index contributed by atoms with van der Waals surface area (Å²) in [7, 11) is 0. The monoisotopic (exact) mass is 282 g/mol. The van der Waals surface area contributed by atoms with Gasteiger partial charge in [0.25, 0.3) is 0 Å². The molecule has 0 aliphatic carbocycles. The van der Waals surface area contributed by atoms with E-state index in [9.17, 15) is 0 Å². The van der Waals surface area contributed by atoms with Crippen LogP contribution in [-0.4, -0.2) is 12.4 Å². The minimum absolute atomic E-state index is 0.599. The van der Waals surface area contributed by atoms with Gasteiger partial charge in [0.05, 0.1) is 19.0 Å². The van der Waals surface area contributed by atoms with E-state index < -0.39 is 0 Å². The van der Waals surface area contributed by atoms with E-state index in [4.69, 9.17) is 10.5 Å². The molecule has 0 saturated carbocycles. The molecule has 0 aromatic heterocycles. The standard InChI is InChI=1S/C12H15BrN2O/c1-2-11(14)15-7-9-6-10(13)5-8-3-4-16-12(8)9/h5-6H,2-4,7H2,1H3,(H2,14,15). The molecule has 0 unspecified atom stereocenters. The van der Waals surface area contributed by atoms with Gasteiger partial charge in [-0.15, -0.1) is 0 Å². The number of benzene rings is 1. The molecule has 0 bridgehead atoms. The van der Waals surface area contributed by atoms with Crippen LogP contribution in [0.5, 0.6) is 5.75 Å². The zero-order valence-corrected chi connectivity index (χ0v) is 10.9. The highest BCUT2D eigenvalue weighted by molar-refractivity contribution is 9.10. The topological polar surface area (TPSA) is 47.6 Å². The van der Waals surface area contributed by atoms with Crippen LogP contribution in [0.3, 0.4) is 0 Å². The fourth-order valence-corrected chi connectivity index (χ4v) is 2.31. The van der Waals surface area contributed by atoms with Crippen molar-refractivity contribution in [2.75, 3.05) is 6.61 Å². The van der Waals surface area contributed by atoms with E-state index in [2.05, 4.69) is 33.1 Å². The third-order valence-corrected chi connectivity index (χ3v) is 3.10. The Hall–Kier alpha value is -1.03. The van der Waals surface area contributed by atoms with Crippen molar-refractivity contribution < 1.29 is 4.74 Å². The second-order valence-electron chi connectivity index (χ2n) is 3.81. The predicted octanol–water partition coefficient (Wildman–Crippen LogP) is 2.65. The summed E-state index contributed by atoms with van der Waals surface area (Å²) in [6.07, 6.45) is 1.77. The average molecular weight is 283 g/mol. The molecule has 0 atom stereocenters. The Labute approximate surface area is 104 Å². The van der Waals surface area contributed by atoms with Crippen LogP contribution in [0.1, 0.15) is 24.5 Å². The summed E-state index contributed by atoms with van der Waals surface area (Å²) in [6, 6.07) is 4.16. The summed E-state index contributed by atoms with van der Waals surface area (Å²) in [5.74, 6) is 1.68. The Bertz CT molecular complexity index is 429. The highest BCUT2D eigenvalue weighted by Crippen LogP contribution is 2.33. The van der Waals surface area contributed by atoms with E-state index in [0.29, 0.717) is 12.4 Å². The molecule has 1 aromatic carbocycles. The minimum atomic E-state index is 0.599. The highest BCUT2D eigenvalue weighted by atomic mass is 79.9. The van der Waals surface area contributed by atoms with Crippen LogP contribution < -0.4 is 10.5 Å². The van der Waals surface area contributed by atoms with Gasteiger partial charge in [0.1, 0.15) is 5.75 Å². The Morgan fingerprint density at radius 1 is 1.56 bits per heavy atom. The second kappa shape index (κ2) is 4.87. The molecule has 0 amide bonds. The summed E-state index contributed by atoms with van der Waals surface area (Å²) in [4.78, 5) is 4.33.